The first-order chi connectivity index (χ1) is 16.8. The van der Waals surface area contributed by atoms with Crippen LogP contribution in [0.25, 0.3) is 0 Å². The number of hydrogen-bond acceptors (Lipinski definition) is 6. The predicted octanol–water partition coefficient (Wildman–Crippen LogP) is 4.24. The molecule has 0 bridgehead atoms. The molecule has 3 atom stereocenters. The van der Waals surface area contributed by atoms with Crippen molar-refractivity contribution in [2.45, 2.75) is 23.7 Å². The number of methoxy groups -OCH3 is 2. The van der Waals surface area contributed by atoms with Gasteiger partial charge in [0, 0.05) is 24.0 Å². The molecular formula is C27H27NO6S. The largest absolute Gasteiger partial charge is 0.497 e. The van der Waals surface area contributed by atoms with Crippen LogP contribution in [-0.2, 0) is 19.6 Å². The van der Waals surface area contributed by atoms with Crippen LogP contribution in [0.3, 0.4) is 0 Å². The average Bonchev–Trinajstić information content (AvgIpc) is 2.88. The molecule has 7 nitrogen and oxygen atoms in total. The Morgan fingerprint density at radius 3 is 2.06 bits per heavy atom. The number of carbonyl (C=O) groups is 2. The number of hydrogen-bond donors (Lipinski definition) is 0. The smallest absolute Gasteiger partial charge is 0.270 e. The van der Waals surface area contributed by atoms with Crippen molar-refractivity contribution in [1.29, 1.82) is 0 Å². The second-order valence-electron chi connectivity index (χ2n) is 8.39. The highest BCUT2D eigenvalue weighted by atomic mass is 32.2. The van der Waals surface area contributed by atoms with E-state index in [0.717, 1.165) is 9.87 Å². The van der Waals surface area contributed by atoms with E-state index in [4.69, 9.17) is 9.47 Å². The highest BCUT2D eigenvalue weighted by Crippen LogP contribution is 2.38. The van der Waals surface area contributed by atoms with Crippen LogP contribution in [0, 0.1) is 11.8 Å². The molecule has 0 saturated carbocycles. The van der Waals surface area contributed by atoms with Gasteiger partial charge < -0.3 is 9.47 Å². The summed E-state index contributed by atoms with van der Waals surface area (Å²) < 4.78 is 37.9. The zero-order valence-corrected chi connectivity index (χ0v) is 20.4. The molecule has 0 spiro atoms. The molecule has 4 rings (SSSR count). The Hall–Kier alpha value is -3.65. The van der Waals surface area contributed by atoms with Crippen LogP contribution in [0.1, 0.15) is 24.3 Å². The summed E-state index contributed by atoms with van der Waals surface area (Å²) in [7, 11) is -1.04. The lowest BCUT2D eigenvalue weighted by Gasteiger charge is -2.33. The van der Waals surface area contributed by atoms with Gasteiger partial charge in [0.2, 0.25) is 5.91 Å². The molecule has 1 amide bonds. The van der Waals surface area contributed by atoms with E-state index in [-0.39, 0.29) is 22.5 Å². The maximum absolute atomic E-state index is 13.7. The van der Waals surface area contributed by atoms with Crippen molar-refractivity contribution in [2.75, 3.05) is 14.2 Å². The summed E-state index contributed by atoms with van der Waals surface area (Å²) in [6, 6.07) is 13.3. The Morgan fingerprint density at radius 1 is 0.829 bits per heavy atom. The Kier molecular flexibility index (Phi) is 7.21. The molecule has 8 heteroatoms. The number of amides is 1. The maximum Gasteiger partial charge on any atom is 0.270 e. The van der Waals surface area contributed by atoms with E-state index >= 15 is 0 Å². The minimum Gasteiger partial charge on any atom is -0.497 e. The molecule has 1 heterocycles. The molecule has 0 fully saturated rings. The maximum atomic E-state index is 13.7. The third-order valence-electron chi connectivity index (χ3n) is 6.38. The summed E-state index contributed by atoms with van der Waals surface area (Å²) in [5.74, 6) is -0.669. The lowest BCUT2D eigenvalue weighted by Crippen LogP contribution is -2.42. The van der Waals surface area contributed by atoms with E-state index in [9.17, 15) is 18.0 Å². The molecule has 0 aromatic heterocycles. The number of carbonyl (C=O) groups excluding carboxylic acids is 2. The first kappa shape index (κ1) is 24.5. The fraction of sp³-hybridized carbons (Fsp3) is 0.259. The second-order valence-corrected chi connectivity index (χ2v) is 10.2. The van der Waals surface area contributed by atoms with Gasteiger partial charge in [0.15, 0.2) is 5.78 Å². The number of sulfonamides is 1. The molecule has 1 unspecified atom stereocenters. The van der Waals surface area contributed by atoms with Gasteiger partial charge in [0.1, 0.15) is 11.5 Å². The molecule has 2 aromatic rings. The quantitative estimate of drug-likeness (QED) is 0.546. The van der Waals surface area contributed by atoms with Crippen molar-refractivity contribution in [2.24, 2.45) is 11.8 Å². The summed E-state index contributed by atoms with van der Waals surface area (Å²) in [6.07, 6.45) is 10.7. The molecule has 0 radical (unpaired) electrons. The molecule has 1 aliphatic carbocycles. The molecule has 2 aromatic carbocycles. The van der Waals surface area contributed by atoms with Crippen LogP contribution in [0.4, 0.5) is 0 Å². The minimum absolute atomic E-state index is 0.00604. The fourth-order valence-corrected chi connectivity index (χ4v) is 5.70. The van der Waals surface area contributed by atoms with E-state index in [2.05, 4.69) is 0 Å². The average molecular weight is 494 g/mol. The summed E-state index contributed by atoms with van der Waals surface area (Å²) >= 11 is 0. The third-order valence-corrected chi connectivity index (χ3v) is 8.07. The van der Waals surface area contributed by atoms with Crippen LogP contribution in [0.15, 0.2) is 90.0 Å². The lowest BCUT2D eigenvalue weighted by atomic mass is 9.79. The van der Waals surface area contributed by atoms with Gasteiger partial charge in [-0.2, -0.15) is 0 Å². The first-order valence-corrected chi connectivity index (χ1v) is 12.7. The molecule has 1 aliphatic heterocycles. The van der Waals surface area contributed by atoms with Gasteiger partial charge in [0.25, 0.3) is 10.0 Å². The standard InChI is InChI=1S/C27H27NO6S/c1-33-21-10-7-19(8-11-21)24-17-18-28(35(31,32)23-14-12-22(34-2)13-15-23)27(30)25(24)16-9-20-5-3-4-6-26(20)29/h3-8,10-15,17-18,20,24-25H,9,16H2,1-2H3/t20?,24-,25+/m1/s1. The van der Waals surface area contributed by atoms with Crippen LogP contribution in [-0.4, -0.2) is 38.6 Å². The third kappa shape index (κ3) is 5.07. The summed E-state index contributed by atoms with van der Waals surface area (Å²) in [5.41, 5.74) is 0.868. The van der Waals surface area contributed by atoms with E-state index < -0.39 is 21.8 Å². The van der Waals surface area contributed by atoms with E-state index in [1.807, 2.05) is 36.4 Å². The normalized spacial score (nSPS) is 21.9. The SMILES string of the molecule is COc1ccc([C@H]2C=CN(S(=O)(=O)c3ccc(OC)cc3)C(=O)[C@H]2CCC2C=CC=CC2=O)cc1. The van der Waals surface area contributed by atoms with Gasteiger partial charge >= 0.3 is 0 Å². The first-order valence-electron chi connectivity index (χ1n) is 11.3. The molecule has 182 valence electrons. The van der Waals surface area contributed by atoms with Gasteiger partial charge in [-0.1, -0.05) is 36.4 Å². The minimum atomic E-state index is -4.11. The molecule has 0 saturated heterocycles. The zero-order chi connectivity index (χ0) is 25.0. The van der Waals surface area contributed by atoms with E-state index in [1.165, 1.54) is 43.7 Å². The Morgan fingerprint density at radius 2 is 1.46 bits per heavy atom. The summed E-state index contributed by atoms with van der Waals surface area (Å²) in [5, 5.41) is 0. The number of rotatable bonds is 8. The second kappa shape index (κ2) is 10.3. The zero-order valence-electron chi connectivity index (χ0n) is 19.5. The van der Waals surface area contributed by atoms with Crippen molar-refractivity contribution < 1.29 is 27.5 Å². The molecule has 2 aliphatic rings. The number of nitrogens with zero attached hydrogens (tertiary/aromatic N) is 1. The highest BCUT2D eigenvalue weighted by molar-refractivity contribution is 7.89. The number of ketones is 1. The van der Waals surface area contributed by atoms with Crippen LogP contribution < -0.4 is 9.47 Å². The Bertz CT molecular complexity index is 1280. The summed E-state index contributed by atoms with van der Waals surface area (Å²) in [6.45, 7) is 0. The van der Waals surface area contributed by atoms with Gasteiger partial charge in [0.05, 0.1) is 19.1 Å². The Balaban J connectivity index is 1.66. The van der Waals surface area contributed by atoms with E-state index in [0.29, 0.717) is 24.3 Å². The van der Waals surface area contributed by atoms with Crippen LogP contribution >= 0.6 is 0 Å². The summed E-state index contributed by atoms with van der Waals surface area (Å²) in [4.78, 5) is 25.9. The highest BCUT2D eigenvalue weighted by Gasteiger charge is 2.40. The van der Waals surface area contributed by atoms with Crippen molar-refractivity contribution in [3.63, 3.8) is 0 Å². The predicted molar refractivity (Wildman–Crippen MR) is 131 cm³/mol. The molecule has 35 heavy (non-hydrogen) atoms. The van der Waals surface area contributed by atoms with Crippen molar-refractivity contribution in [3.05, 3.63) is 90.7 Å². The number of benzene rings is 2. The van der Waals surface area contributed by atoms with Gasteiger partial charge in [-0.25, -0.2) is 12.7 Å². The monoisotopic (exact) mass is 493 g/mol. The van der Waals surface area contributed by atoms with Gasteiger partial charge in [-0.05, 0) is 60.9 Å². The van der Waals surface area contributed by atoms with E-state index in [1.54, 1.807) is 19.3 Å². The van der Waals surface area contributed by atoms with Crippen molar-refractivity contribution in [1.82, 2.24) is 4.31 Å². The van der Waals surface area contributed by atoms with Crippen LogP contribution in [0.2, 0.25) is 0 Å². The van der Waals surface area contributed by atoms with Crippen molar-refractivity contribution in [3.8, 4) is 11.5 Å². The van der Waals surface area contributed by atoms with Gasteiger partial charge in [-0.15, -0.1) is 0 Å². The topological polar surface area (TPSA) is 90.0 Å². The fourth-order valence-electron chi connectivity index (χ4n) is 4.39. The van der Waals surface area contributed by atoms with Crippen molar-refractivity contribution >= 4 is 21.7 Å². The van der Waals surface area contributed by atoms with Crippen LogP contribution in [0.5, 0.6) is 11.5 Å². The molecule has 0 N–H and O–H groups in total. The number of ether oxygens (including phenoxy) is 2. The molecular weight excluding hydrogens is 466 g/mol. The lowest BCUT2D eigenvalue weighted by molar-refractivity contribution is -0.130. The Labute approximate surface area is 205 Å². The number of allylic oxidation sites excluding steroid dienone is 5. The van der Waals surface area contributed by atoms with Gasteiger partial charge in [-0.3, -0.25) is 9.59 Å².